The van der Waals surface area contributed by atoms with Crippen molar-refractivity contribution in [2.75, 3.05) is 0 Å². The van der Waals surface area contributed by atoms with Gasteiger partial charge >= 0.3 is 5.97 Å². The molecule has 172 valence electrons. The summed E-state index contributed by atoms with van der Waals surface area (Å²) < 4.78 is 1.34. The van der Waals surface area contributed by atoms with E-state index in [0.717, 1.165) is 33.6 Å². The summed E-state index contributed by atoms with van der Waals surface area (Å²) in [6.07, 6.45) is 1.80. The second-order valence-corrected chi connectivity index (χ2v) is 8.14. The van der Waals surface area contributed by atoms with E-state index in [9.17, 15) is 19.5 Å². The minimum atomic E-state index is -1.00. The molecular weight excluding hydrogens is 432 g/mol. The summed E-state index contributed by atoms with van der Waals surface area (Å²) in [5, 5.41) is 16.5. The summed E-state index contributed by atoms with van der Waals surface area (Å²) >= 11 is 0. The number of carboxylic acids is 1. The molecule has 1 amide bonds. The molecule has 0 saturated carbocycles. The van der Waals surface area contributed by atoms with Crippen LogP contribution >= 0.6 is 0 Å². The van der Waals surface area contributed by atoms with Gasteiger partial charge in [-0.25, -0.2) is 4.79 Å². The number of carbonyl (C=O) groups excluding carboxylic acids is 1. The van der Waals surface area contributed by atoms with Crippen molar-refractivity contribution in [3.8, 4) is 22.3 Å². The molecule has 8 nitrogen and oxygen atoms in total. The van der Waals surface area contributed by atoms with Crippen molar-refractivity contribution in [2.24, 2.45) is 5.73 Å². The van der Waals surface area contributed by atoms with E-state index in [2.05, 4.69) is 10.2 Å². The van der Waals surface area contributed by atoms with Crippen molar-refractivity contribution in [1.29, 1.82) is 0 Å². The van der Waals surface area contributed by atoms with Crippen LogP contribution in [0.2, 0.25) is 0 Å². The predicted octanol–water partition coefficient (Wildman–Crippen LogP) is 3.49. The van der Waals surface area contributed by atoms with E-state index >= 15 is 0 Å². The Kier molecular flexibility index (Phi) is 6.14. The molecule has 8 heteroatoms. The first-order valence-corrected chi connectivity index (χ1v) is 10.7. The molecule has 0 aliphatic rings. The average molecular weight is 457 g/mol. The number of aromatic carboxylic acids is 1. The number of aryl methyl sites for hydroxylation is 2. The number of aromatic nitrogens is 3. The molecule has 34 heavy (non-hydrogen) atoms. The highest BCUT2D eigenvalue weighted by molar-refractivity contribution is 5.96. The van der Waals surface area contributed by atoms with Crippen LogP contribution in [0.15, 0.2) is 71.7 Å². The number of nitrogens with one attached hydrogen (secondary N) is 1. The van der Waals surface area contributed by atoms with Crippen LogP contribution in [0.3, 0.4) is 0 Å². The van der Waals surface area contributed by atoms with Crippen molar-refractivity contribution in [3.05, 3.63) is 99.7 Å². The second-order valence-electron chi connectivity index (χ2n) is 8.14. The zero-order chi connectivity index (χ0) is 24.4. The number of benzene rings is 2. The smallest absolute Gasteiger partial charge is 0.336 e. The van der Waals surface area contributed by atoms with E-state index in [-0.39, 0.29) is 17.5 Å². The lowest BCUT2D eigenvalue weighted by Crippen LogP contribution is -2.34. The van der Waals surface area contributed by atoms with Gasteiger partial charge in [-0.3, -0.25) is 14.7 Å². The van der Waals surface area contributed by atoms with Crippen molar-refractivity contribution in [3.63, 3.8) is 0 Å². The molecule has 0 saturated heterocycles. The van der Waals surface area contributed by atoms with Gasteiger partial charge in [0.2, 0.25) is 5.91 Å². The molecule has 4 N–H and O–H groups in total. The highest BCUT2D eigenvalue weighted by Gasteiger charge is 2.21. The Bertz CT molecular complexity index is 1410. The van der Waals surface area contributed by atoms with E-state index in [1.54, 1.807) is 48.7 Å². The quantitative estimate of drug-likeness (QED) is 0.392. The fraction of sp³-hybridized carbons (Fsp3) is 0.154. The first kappa shape index (κ1) is 22.7. The molecule has 0 aliphatic carbocycles. The van der Waals surface area contributed by atoms with Gasteiger partial charge in [0.25, 0.3) is 5.56 Å². The summed E-state index contributed by atoms with van der Waals surface area (Å²) in [5.74, 6) is -1.62. The van der Waals surface area contributed by atoms with Gasteiger partial charge in [-0.15, -0.1) is 0 Å². The van der Waals surface area contributed by atoms with Crippen LogP contribution in [0.25, 0.3) is 22.3 Å². The lowest BCUT2D eigenvalue weighted by molar-refractivity contribution is -0.121. The standard InChI is InChI=1S/C26H24N4O4/c1-15-24(16(2)29-28-15)19-11-12-30(23(31)14-19)22(25(27)32)13-17-7-9-18(10-8-17)20-5-3-4-6-21(20)26(33)34/h3-12,14,22H,13H2,1-2H3,(H2,27,32)(H,28,29)(H,33,34). The first-order chi connectivity index (χ1) is 16.3. The molecule has 0 spiro atoms. The van der Waals surface area contributed by atoms with Crippen LogP contribution in [0.4, 0.5) is 0 Å². The van der Waals surface area contributed by atoms with E-state index in [1.165, 1.54) is 10.6 Å². The van der Waals surface area contributed by atoms with Crippen LogP contribution < -0.4 is 11.3 Å². The molecule has 0 fully saturated rings. The monoisotopic (exact) mass is 456 g/mol. The van der Waals surface area contributed by atoms with Crippen molar-refractivity contribution in [2.45, 2.75) is 26.3 Å². The summed E-state index contributed by atoms with van der Waals surface area (Å²) in [6, 6.07) is 16.3. The van der Waals surface area contributed by atoms with Crippen molar-refractivity contribution >= 4 is 11.9 Å². The Morgan fingerprint density at radius 1 is 1.06 bits per heavy atom. The summed E-state index contributed by atoms with van der Waals surface area (Å²) in [4.78, 5) is 36.7. The predicted molar refractivity (Wildman–Crippen MR) is 129 cm³/mol. The number of hydrogen-bond acceptors (Lipinski definition) is 4. The molecule has 1 unspecified atom stereocenters. The van der Waals surface area contributed by atoms with Gasteiger partial charge in [-0.1, -0.05) is 42.5 Å². The highest BCUT2D eigenvalue weighted by Crippen LogP contribution is 2.26. The number of nitrogens with zero attached hydrogens (tertiary/aromatic N) is 2. The zero-order valence-corrected chi connectivity index (χ0v) is 18.8. The van der Waals surface area contributed by atoms with Crippen molar-refractivity contribution in [1.82, 2.24) is 14.8 Å². The molecule has 2 heterocycles. The normalized spacial score (nSPS) is 11.8. The Hall–Kier alpha value is -4.46. The molecule has 4 rings (SSSR count). The lowest BCUT2D eigenvalue weighted by atomic mass is 9.97. The number of carboxylic acid groups (broad SMARTS) is 1. The Balaban J connectivity index is 1.62. The van der Waals surface area contributed by atoms with Crippen LogP contribution in [-0.4, -0.2) is 31.7 Å². The molecule has 2 aromatic carbocycles. The Morgan fingerprint density at radius 3 is 2.35 bits per heavy atom. The third-order valence-electron chi connectivity index (χ3n) is 5.88. The number of amides is 1. The third-order valence-corrected chi connectivity index (χ3v) is 5.88. The minimum absolute atomic E-state index is 0.208. The van der Waals surface area contributed by atoms with E-state index in [1.807, 2.05) is 26.0 Å². The second kappa shape index (κ2) is 9.19. The number of primary amides is 1. The van der Waals surface area contributed by atoms with Gasteiger partial charge in [0.05, 0.1) is 11.3 Å². The Morgan fingerprint density at radius 2 is 1.76 bits per heavy atom. The number of aromatic amines is 1. The molecule has 1 atom stereocenters. The maximum absolute atomic E-state index is 12.9. The van der Waals surface area contributed by atoms with Crippen molar-refractivity contribution < 1.29 is 14.7 Å². The van der Waals surface area contributed by atoms with Crippen LogP contribution in [0, 0.1) is 13.8 Å². The van der Waals surface area contributed by atoms with Crippen LogP contribution in [-0.2, 0) is 11.2 Å². The minimum Gasteiger partial charge on any atom is -0.478 e. The number of hydrogen-bond donors (Lipinski definition) is 3. The maximum atomic E-state index is 12.9. The average Bonchev–Trinajstić information content (AvgIpc) is 3.15. The van der Waals surface area contributed by atoms with Gasteiger partial charge in [-0.2, -0.15) is 5.10 Å². The molecule has 0 bridgehead atoms. The number of rotatable bonds is 7. The maximum Gasteiger partial charge on any atom is 0.336 e. The number of H-pyrrole nitrogens is 1. The van der Waals surface area contributed by atoms with E-state index in [0.29, 0.717) is 5.56 Å². The largest absolute Gasteiger partial charge is 0.478 e. The van der Waals surface area contributed by atoms with E-state index < -0.39 is 17.9 Å². The topological polar surface area (TPSA) is 131 Å². The molecule has 0 radical (unpaired) electrons. The van der Waals surface area contributed by atoms with Gasteiger partial charge in [0.15, 0.2) is 0 Å². The lowest BCUT2D eigenvalue weighted by Gasteiger charge is -2.17. The number of pyridine rings is 1. The molecule has 4 aromatic rings. The number of nitrogens with two attached hydrogens (primary N) is 1. The van der Waals surface area contributed by atoms with Gasteiger partial charge < -0.3 is 15.4 Å². The fourth-order valence-electron chi connectivity index (χ4n) is 4.18. The van der Waals surface area contributed by atoms with Crippen LogP contribution in [0.1, 0.15) is 33.4 Å². The first-order valence-electron chi connectivity index (χ1n) is 10.7. The summed E-state index contributed by atoms with van der Waals surface area (Å²) in [7, 11) is 0. The van der Waals surface area contributed by atoms with Gasteiger partial charge in [0.1, 0.15) is 6.04 Å². The SMILES string of the molecule is Cc1n[nH]c(C)c1-c1ccn(C(Cc2ccc(-c3ccccc3C(=O)O)cc2)C(N)=O)c(=O)c1. The fourth-order valence-corrected chi connectivity index (χ4v) is 4.18. The van der Waals surface area contributed by atoms with Crippen LogP contribution in [0.5, 0.6) is 0 Å². The zero-order valence-electron chi connectivity index (χ0n) is 18.8. The molecule has 2 aromatic heterocycles. The van der Waals surface area contributed by atoms with Gasteiger partial charge in [0, 0.05) is 29.9 Å². The summed E-state index contributed by atoms with van der Waals surface area (Å²) in [5.41, 5.74) is 10.9. The molecular formula is C26H24N4O4. The Labute approximate surface area is 195 Å². The van der Waals surface area contributed by atoms with Gasteiger partial charge in [-0.05, 0) is 48.2 Å². The summed E-state index contributed by atoms with van der Waals surface area (Å²) in [6.45, 7) is 3.74. The molecule has 0 aliphatic heterocycles. The third kappa shape index (κ3) is 4.38. The van der Waals surface area contributed by atoms with E-state index in [4.69, 9.17) is 5.73 Å². The number of carbonyl (C=O) groups is 2. The highest BCUT2D eigenvalue weighted by atomic mass is 16.4.